The van der Waals surface area contributed by atoms with E-state index >= 15 is 0 Å². The van der Waals surface area contributed by atoms with Gasteiger partial charge in [-0.1, -0.05) is 12.8 Å². The van der Waals surface area contributed by atoms with Crippen molar-refractivity contribution in [3.05, 3.63) is 49.9 Å². The Morgan fingerprint density at radius 3 is 2.53 bits per heavy atom. The number of nitrogens with two attached hydrogens (primary N) is 1. The van der Waals surface area contributed by atoms with Crippen LogP contribution in [-0.2, 0) is 22.4 Å². The third-order valence-corrected chi connectivity index (χ3v) is 7.32. The first-order valence-electron chi connectivity index (χ1n) is 11.3. The van der Waals surface area contributed by atoms with Gasteiger partial charge in [-0.3, -0.25) is 19.7 Å². The van der Waals surface area contributed by atoms with E-state index in [1.165, 1.54) is 23.5 Å². The van der Waals surface area contributed by atoms with Gasteiger partial charge in [0.05, 0.1) is 16.1 Å². The van der Waals surface area contributed by atoms with Gasteiger partial charge in [0.2, 0.25) is 0 Å². The van der Waals surface area contributed by atoms with E-state index in [1.54, 1.807) is 6.07 Å². The first-order chi connectivity index (χ1) is 16.3. The highest BCUT2D eigenvalue weighted by Crippen LogP contribution is 2.38. The number of rotatable bonds is 7. The molecule has 0 bridgehead atoms. The molecule has 34 heavy (non-hydrogen) atoms. The standard InChI is InChI=1S/C23H26N4O6S/c24-21(29)20-15-6-5-7-18(15)34-22(20)25-19(28)13-33-23(30)14-8-9-16(17(12-14)27(31)32)26-10-3-1-2-4-11-26/h8-9,12H,1-7,10-11,13H2,(H2,24,29)(H,25,28). The van der Waals surface area contributed by atoms with E-state index in [9.17, 15) is 24.5 Å². The Kier molecular flexibility index (Phi) is 7.11. The van der Waals surface area contributed by atoms with Crippen LogP contribution >= 0.6 is 11.3 Å². The average molecular weight is 487 g/mol. The summed E-state index contributed by atoms with van der Waals surface area (Å²) in [5, 5.41) is 14.6. The first-order valence-corrected chi connectivity index (χ1v) is 12.1. The number of nitrogens with zero attached hydrogens (tertiary/aromatic N) is 2. The predicted molar refractivity (Wildman–Crippen MR) is 128 cm³/mol. The number of fused-ring (bicyclic) bond motifs is 1. The summed E-state index contributed by atoms with van der Waals surface area (Å²) < 4.78 is 5.08. The van der Waals surface area contributed by atoms with Gasteiger partial charge in [-0.05, 0) is 49.8 Å². The van der Waals surface area contributed by atoms with Crippen LogP contribution in [0.25, 0.3) is 0 Å². The molecule has 0 unspecified atom stereocenters. The van der Waals surface area contributed by atoms with Crippen molar-refractivity contribution >= 4 is 45.5 Å². The van der Waals surface area contributed by atoms with E-state index in [2.05, 4.69) is 5.32 Å². The van der Waals surface area contributed by atoms with E-state index in [0.29, 0.717) is 16.3 Å². The van der Waals surface area contributed by atoms with Crippen LogP contribution in [0.3, 0.4) is 0 Å². The molecule has 0 atom stereocenters. The number of benzene rings is 1. The Morgan fingerprint density at radius 2 is 1.85 bits per heavy atom. The minimum absolute atomic E-state index is 0.00834. The number of carbonyl (C=O) groups is 3. The fraction of sp³-hybridized carbons (Fsp3) is 0.435. The van der Waals surface area contributed by atoms with Gasteiger partial charge in [-0.15, -0.1) is 11.3 Å². The highest BCUT2D eigenvalue weighted by atomic mass is 32.1. The number of hydrogen-bond donors (Lipinski definition) is 2. The molecular formula is C23H26N4O6S. The second kappa shape index (κ2) is 10.2. The lowest BCUT2D eigenvalue weighted by atomic mass is 10.1. The molecule has 2 heterocycles. The fourth-order valence-electron chi connectivity index (χ4n) is 4.51. The van der Waals surface area contributed by atoms with Crippen molar-refractivity contribution in [3.8, 4) is 0 Å². The smallest absolute Gasteiger partial charge is 0.338 e. The molecule has 3 N–H and O–H groups in total. The quantitative estimate of drug-likeness (QED) is 0.346. The van der Waals surface area contributed by atoms with E-state index in [0.717, 1.165) is 68.5 Å². The Balaban J connectivity index is 1.42. The second-order valence-corrected chi connectivity index (χ2v) is 9.52. The fourth-order valence-corrected chi connectivity index (χ4v) is 5.82. The largest absolute Gasteiger partial charge is 0.452 e. The highest BCUT2D eigenvalue weighted by molar-refractivity contribution is 7.17. The van der Waals surface area contributed by atoms with Gasteiger partial charge in [-0.25, -0.2) is 4.79 Å². The van der Waals surface area contributed by atoms with Gasteiger partial charge in [0.15, 0.2) is 6.61 Å². The molecule has 180 valence electrons. The molecule has 1 fully saturated rings. The molecule has 2 aromatic rings. The van der Waals surface area contributed by atoms with Crippen LogP contribution in [0.1, 0.15) is 63.3 Å². The number of aryl methyl sites for hydroxylation is 1. The monoisotopic (exact) mass is 486 g/mol. The second-order valence-electron chi connectivity index (χ2n) is 8.41. The zero-order chi connectivity index (χ0) is 24.2. The number of thiophene rings is 1. The van der Waals surface area contributed by atoms with Crippen molar-refractivity contribution in [1.29, 1.82) is 0 Å². The van der Waals surface area contributed by atoms with Crippen molar-refractivity contribution in [3.63, 3.8) is 0 Å². The minimum Gasteiger partial charge on any atom is -0.452 e. The number of amides is 2. The number of esters is 1. The summed E-state index contributed by atoms with van der Waals surface area (Å²) in [5.41, 5.74) is 6.99. The van der Waals surface area contributed by atoms with Crippen molar-refractivity contribution in [2.24, 2.45) is 5.73 Å². The Labute approximate surface area is 200 Å². The van der Waals surface area contributed by atoms with Crippen molar-refractivity contribution in [2.45, 2.75) is 44.9 Å². The lowest BCUT2D eigenvalue weighted by Gasteiger charge is -2.22. The highest BCUT2D eigenvalue weighted by Gasteiger charge is 2.27. The summed E-state index contributed by atoms with van der Waals surface area (Å²) in [6.07, 6.45) is 6.60. The maximum Gasteiger partial charge on any atom is 0.338 e. The SMILES string of the molecule is NC(=O)c1c(NC(=O)COC(=O)c2ccc(N3CCCCCC3)c([N+](=O)[O-])c2)sc2c1CCC2. The summed E-state index contributed by atoms with van der Waals surface area (Å²) in [7, 11) is 0. The number of anilines is 2. The van der Waals surface area contributed by atoms with Crippen LogP contribution < -0.4 is 16.0 Å². The maximum absolute atomic E-state index is 12.5. The normalized spacial score (nSPS) is 15.4. The Morgan fingerprint density at radius 1 is 1.12 bits per heavy atom. The number of carbonyl (C=O) groups excluding carboxylic acids is 3. The molecule has 1 aromatic carbocycles. The predicted octanol–water partition coefficient (Wildman–Crippen LogP) is 3.42. The summed E-state index contributed by atoms with van der Waals surface area (Å²) in [6.45, 7) is 0.857. The summed E-state index contributed by atoms with van der Waals surface area (Å²) >= 11 is 1.30. The molecule has 1 aromatic heterocycles. The molecule has 0 radical (unpaired) electrons. The van der Waals surface area contributed by atoms with Crippen molar-refractivity contribution in [1.82, 2.24) is 0 Å². The number of ether oxygens (including phenoxy) is 1. The molecule has 4 rings (SSSR count). The molecule has 2 amide bonds. The number of nitro groups is 1. The molecular weight excluding hydrogens is 460 g/mol. The third-order valence-electron chi connectivity index (χ3n) is 6.11. The van der Waals surface area contributed by atoms with Gasteiger partial charge in [-0.2, -0.15) is 0 Å². The summed E-state index contributed by atoms with van der Waals surface area (Å²) in [4.78, 5) is 50.9. The maximum atomic E-state index is 12.5. The van der Waals surface area contributed by atoms with Gasteiger partial charge >= 0.3 is 5.97 Å². The van der Waals surface area contributed by atoms with Gasteiger partial charge in [0, 0.05) is 24.0 Å². The van der Waals surface area contributed by atoms with E-state index in [1.807, 2.05) is 4.90 Å². The van der Waals surface area contributed by atoms with Gasteiger partial charge in [0.1, 0.15) is 10.7 Å². The van der Waals surface area contributed by atoms with Crippen LogP contribution in [0.4, 0.5) is 16.4 Å². The van der Waals surface area contributed by atoms with Crippen LogP contribution in [-0.4, -0.2) is 42.4 Å². The number of primary amides is 1. The topological polar surface area (TPSA) is 145 Å². The summed E-state index contributed by atoms with van der Waals surface area (Å²) in [6, 6.07) is 4.23. The molecule has 1 aliphatic carbocycles. The molecule has 2 aliphatic rings. The Hall–Kier alpha value is -3.47. The molecule has 11 heteroatoms. The molecule has 0 saturated carbocycles. The van der Waals surface area contributed by atoms with Gasteiger partial charge < -0.3 is 20.7 Å². The average Bonchev–Trinajstić information content (AvgIpc) is 3.26. The third kappa shape index (κ3) is 5.04. The number of nitrogens with one attached hydrogen (secondary N) is 1. The molecule has 10 nitrogen and oxygen atoms in total. The zero-order valence-electron chi connectivity index (χ0n) is 18.6. The zero-order valence-corrected chi connectivity index (χ0v) is 19.4. The summed E-state index contributed by atoms with van der Waals surface area (Å²) in [5.74, 6) is -2.07. The number of nitro benzene ring substituents is 1. The lowest BCUT2D eigenvalue weighted by Crippen LogP contribution is -2.25. The first kappa shape index (κ1) is 23.7. The van der Waals surface area contributed by atoms with Crippen LogP contribution in [0.15, 0.2) is 18.2 Å². The Bertz CT molecular complexity index is 1140. The van der Waals surface area contributed by atoms with Crippen molar-refractivity contribution in [2.75, 3.05) is 29.9 Å². The number of hydrogen-bond acceptors (Lipinski definition) is 8. The minimum atomic E-state index is -0.843. The van der Waals surface area contributed by atoms with Gasteiger partial charge in [0.25, 0.3) is 17.5 Å². The molecule has 1 aliphatic heterocycles. The van der Waals surface area contributed by atoms with Crippen LogP contribution in [0.5, 0.6) is 0 Å². The van der Waals surface area contributed by atoms with E-state index in [-0.39, 0.29) is 11.3 Å². The lowest BCUT2D eigenvalue weighted by molar-refractivity contribution is -0.384. The molecule has 0 spiro atoms. The van der Waals surface area contributed by atoms with Crippen molar-refractivity contribution < 1.29 is 24.0 Å². The van der Waals surface area contributed by atoms with E-state index < -0.39 is 29.3 Å². The van der Waals surface area contributed by atoms with Crippen LogP contribution in [0, 0.1) is 10.1 Å². The van der Waals surface area contributed by atoms with Crippen LogP contribution in [0.2, 0.25) is 0 Å². The van der Waals surface area contributed by atoms with E-state index in [4.69, 9.17) is 10.5 Å². The molecule has 1 saturated heterocycles.